The molecule has 112 valence electrons. The summed E-state index contributed by atoms with van der Waals surface area (Å²) in [5.41, 5.74) is 2.12. The molecular weight excluding hydrogens is 265 g/mol. The normalized spacial score (nSPS) is 10.6. The smallest absolute Gasteiger partial charge is 0.141 e. The van der Waals surface area contributed by atoms with Gasteiger partial charge in [0.1, 0.15) is 11.6 Å². The van der Waals surface area contributed by atoms with Gasteiger partial charge in [-0.1, -0.05) is 37.3 Å². The van der Waals surface area contributed by atoms with Crippen molar-refractivity contribution in [2.24, 2.45) is 0 Å². The second kappa shape index (κ2) is 7.74. The van der Waals surface area contributed by atoms with Crippen molar-refractivity contribution in [3.8, 4) is 0 Å². The first-order valence-corrected chi connectivity index (χ1v) is 7.38. The van der Waals surface area contributed by atoms with Crippen LogP contribution in [0.25, 0.3) is 0 Å². The van der Waals surface area contributed by atoms with Gasteiger partial charge in [-0.15, -0.1) is 0 Å². The number of nitrogens with zero attached hydrogens (tertiary/aromatic N) is 2. The van der Waals surface area contributed by atoms with Crippen LogP contribution in [0, 0.1) is 5.82 Å². The van der Waals surface area contributed by atoms with E-state index in [1.165, 1.54) is 11.8 Å². The highest BCUT2D eigenvalue weighted by Crippen LogP contribution is 2.20. The van der Waals surface area contributed by atoms with Gasteiger partial charge in [-0.2, -0.15) is 0 Å². The molecule has 0 aliphatic rings. The maximum atomic E-state index is 13.5. The third-order valence-electron chi connectivity index (χ3n) is 3.37. The third-order valence-corrected chi connectivity index (χ3v) is 3.37. The summed E-state index contributed by atoms with van der Waals surface area (Å²) >= 11 is 0. The molecular formula is C17H22FN3. The zero-order valence-corrected chi connectivity index (χ0v) is 12.6. The predicted octanol–water partition coefficient (Wildman–Crippen LogP) is 3.36. The Labute approximate surface area is 125 Å². The van der Waals surface area contributed by atoms with Crippen molar-refractivity contribution in [2.75, 3.05) is 18.0 Å². The van der Waals surface area contributed by atoms with Crippen LogP contribution >= 0.6 is 0 Å². The molecule has 0 fully saturated rings. The predicted molar refractivity (Wildman–Crippen MR) is 84.7 cm³/mol. The minimum atomic E-state index is -0.289. The number of benzene rings is 1. The van der Waals surface area contributed by atoms with Crippen LogP contribution in [0.2, 0.25) is 0 Å². The molecule has 1 heterocycles. The van der Waals surface area contributed by atoms with E-state index in [9.17, 15) is 4.39 Å². The van der Waals surface area contributed by atoms with Crippen molar-refractivity contribution < 1.29 is 4.39 Å². The molecule has 0 bridgehead atoms. The second-order valence-corrected chi connectivity index (χ2v) is 4.92. The molecule has 1 N–H and O–H groups in total. The van der Waals surface area contributed by atoms with Crippen molar-refractivity contribution in [3.05, 3.63) is 59.5 Å². The van der Waals surface area contributed by atoms with Crippen molar-refractivity contribution in [2.45, 2.75) is 26.9 Å². The van der Waals surface area contributed by atoms with Crippen molar-refractivity contribution >= 4 is 5.82 Å². The van der Waals surface area contributed by atoms with E-state index in [1.807, 2.05) is 25.1 Å². The van der Waals surface area contributed by atoms with Crippen LogP contribution in [0.15, 0.2) is 42.6 Å². The highest BCUT2D eigenvalue weighted by molar-refractivity contribution is 5.47. The van der Waals surface area contributed by atoms with E-state index in [0.717, 1.165) is 31.0 Å². The molecule has 0 aliphatic heterocycles. The molecule has 0 unspecified atom stereocenters. The minimum Gasteiger partial charge on any atom is -0.352 e. The number of halogens is 1. The first-order chi connectivity index (χ1) is 10.2. The van der Waals surface area contributed by atoms with Gasteiger partial charge in [0.05, 0.1) is 6.20 Å². The summed E-state index contributed by atoms with van der Waals surface area (Å²) in [6.45, 7) is 7.20. The van der Waals surface area contributed by atoms with E-state index in [1.54, 1.807) is 6.07 Å². The second-order valence-electron chi connectivity index (χ2n) is 4.92. The Hall–Kier alpha value is -1.94. The highest BCUT2D eigenvalue weighted by atomic mass is 19.1. The van der Waals surface area contributed by atoms with Crippen LogP contribution < -0.4 is 10.2 Å². The first kappa shape index (κ1) is 15.4. The molecule has 0 spiro atoms. The lowest BCUT2D eigenvalue weighted by Crippen LogP contribution is -2.26. The van der Waals surface area contributed by atoms with E-state index in [4.69, 9.17) is 0 Å². The molecule has 4 heteroatoms. The molecule has 0 saturated carbocycles. The highest BCUT2D eigenvalue weighted by Gasteiger charge is 2.13. The van der Waals surface area contributed by atoms with Gasteiger partial charge in [0.15, 0.2) is 0 Å². The lowest BCUT2D eigenvalue weighted by atomic mass is 10.2. The van der Waals surface area contributed by atoms with E-state index in [2.05, 4.69) is 34.3 Å². The van der Waals surface area contributed by atoms with Crippen LogP contribution in [-0.2, 0) is 13.1 Å². The maximum Gasteiger partial charge on any atom is 0.141 e. The number of anilines is 1. The summed E-state index contributed by atoms with van der Waals surface area (Å²) in [6, 6.07) is 11.8. The monoisotopic (exact) mass is 287 g/mol. The van der Waals surface area contributed by atoms with Crippen molar-refractivity contribution in [3.63, 3.8) is 0 Å². The Kier molecular flexibility index (Phi) is 5.69. The lowest BCUT2D eigenvalue weighted by Gasteiger charge is -2.24. The van der Waals surface area contributed by atoms with E-state index >= 15 is 0 Å². The van der Waals surface area contributed by atoms with Gasteiger partial charge in [0.25, 0.3) is 0 Å². The number of rotatable bonds is 7. The van der Waals surface area contributed by atoms with Crippen LogP contribution in [0.1, 0.15) is 25.0 Å². The SMILES string of the molecule is CCNCc1cc(F)cnc1N(CC)Cc1ccccc1. The number of hydrogen-bond donors (Lipinski definition) is 1. The van der Waals surface area contributed by atoms with Gasteiger partial charge in [0.2, 0.25) is 0 Å². The summed E-state index contributed by atoms with van der Waals surface area (Å²) in [4.78, 5) is 6.48. The van der Waals surface area contributed by atoms with Gasteiger partial charge in [-0.25, -0.2) is 9.37 Å². The van der Waals surface area contributed by atoms with Crippen LogP contribution in [0.3, 0.4) is 0 Å². The fourth-order valence-electron chi connectivity index (χ4n) is 2.29. The Morgan fingerprint density at radius 2 is 1.95 bits per heavy atom. The molecule has 1 aromatic carbocycles. The summed E-state index contributed by atoms with van der Waals surface area (Å²) in [7, 11) is 0. The largest absolute Gasteiger partial charge is 0.352 e. The van der Waals surface area contributed by atoms with Crippen LogP contribution in [0.4, 0.5) is 10.2 Å². The molecule has 0 saturated heterocycles. The van der Waals surface area contributed by atoms with E-state index < -0.39 is 0 Å². The fourth-order valence-corrected chi connectivity index (χ4v) is 2.29. The van der Waals surface area contributed by atoms with Gasteiger partial charge in [-0.05, 0) is 25.1 Å². The average Bonchev–Trinajstić information content (AvgIpc) is 2.52. The maximum absolute atomic E-state index is 13.5. The third kappa shape index (κ3) is 4.26. The Morgan fingerprint density at radius 1 is 1.19 bits per heavy atom. The molecule has 21 heavy (non-hydrogen) atoms. The summed E-state index contributed by atoms with van der Waals surface area (Å²) in [5.74, 6) is 0.561. The zero-order chi connectivity index (χ0) is 15.1. The molecule has 2 aromatic rings. The Morgan fingerprint density at radius 3 is 2.62 bits per heavy atom. The van der Waals surface area contributed by atoms with Gasteiger partial charge >= 0.3 is 0 Å². The molecule has 1 aromatic heterocycles. The van der Waals surface area contributed by atoms with Crippen LogP contribution in [0.5, 0.6) is 0 Å². The molecule has 0 amide bonds. The average molecular weight is 287 g/mol. The zero-order valence-electron chi connectivity index (χ0n) is 12.6. The lowest BCUT2D eigenvalue weighted by molar-refractivity contribution is 0.612. The number of pyridine rings is 1. The minimum absolute atomic E-state index is 0.289. The quantitative estimate of drug-likeness (QED) is 0.846. The molecule has 3 nitrogen and oxygen atoms in total. The number of nitrogens with one attached hydrogen (secondary N) is 1. The first-order valence-electron chi connectivity index (χ1n) is 7.38. The van der Waals surface area contributed by atoms with E-state index in [-0.39, 0.29) is 5.82 Å². The number of hydrogen-bond acceptors (Lipinski definition) is 3. The topological polar surface area (TPSA) is 28.2 Å². The van der Waals surface area contributed by atoms with Gasteiger partial charge < -0.3 is 10.2 Å². The molecule has 0 atom stereocenters. The Balaban J connectivity index is 2.24. The van der Waals surface area contributed by atoms with Gasteiger partial charge in [0, 0.05) is 25.2 Å². The summed E-state index contributed by atoms with van der Waals surface area (Å²) < 4.78 is 13.5. The summed E-state index contributed by atoms with van der Waals surface area (Å²) in [6.07, 6.45) is 1.29. The standard InChI is InChI=1S/C17H22FN3/c1-3-19-11-15-10-16(18)12-20-17(15)21(4-2)13-14-8-6-5-7-9-14/h5-10,12,19H,3-4,11,13H2,1-2H3. The molecule has 0 aliphatic carbocycles. The van der Waals surface area contributed by atoms with Crippen LogP contribution in [-0.4, -0.2) is 18.1 Å². The Bertz CT molecular complexity index is 557. The number of aromatic nitrogens is 1. The van der Waals surface area contributed by atoms with Crippen molar-refractivity contribution in [1.82, 2.24) is 10.3 Å². The molecule has 2 rings (SSSR count). The summed E-state index contributed by atoms with van der Waals surface area (Å²) in [5, 5.41) is 3.24. The van der Waals surface area contributed by atoms with Gasteiger partial charge in [-0.3, -0.25) is 0 Å². The van der Waals surface area contributed by atoms with E-state index in [0.29, 0.717) is 6.54 Å². The van der Waals surface area contributed by atoms with Crippen molar-refractivity contribution in [1.29, 1.82) is 0 Å². The molecule has 0 radical (unpaired) electrons. The fraction of sp³-hybridized carbons (Fsp3) is 0.353.